The minimum absolute atomic E-state index is 0.108. The highest BCUT2D eigenvalue weighted by Crippen LogP contribution is 2.43. The van der Waals surface area contributed by atoms with Crippen molar-refractivity contribution in [2.75, 3.05) is 0 Å². The summed E-state index contributed by atoms with van der Waals surface area (Å²) in [4.78, 5) is 0. The largest absolute Gasteiger partial charge is 0.0610 e. The van der Waals surface area contributed by atoms with Crippen molar-refractivity contribution in [3.63, 3.8) is 0 Å². The molecule has 0 aliphatic heterocycles. The zero-order valence-electron chi connectivity index (χ0n) is 26.3. The standard InChI is InChI=1S/C46H32/c1-46(2,3)37-25-34-14-11-31-16-20-39(41-22-18-35(26-37)43(34)45(31)41)33-13-8-27-7-12-32(23-36(27)24-33)38-19-15-30-10-9-28-5-4-6-29-17-21-40(38)44(30)42(28)29/h4-26H,1-3H3. The Morgan fingerprint density at radius 1 is 0.326 bits per heavy atom. The van der Waals surface area contributed by atoms with Gasteiger partial charge in [-0.15, -0.1) is 0 Å². The summed E-state index contributed by atoms with van der Waals surface area (Å²) < 4.78 is 0. The Hall–Kier alpha value is -5.46. The third-order valence-corrected chi connectivity index (χ3v) is 10.5. The monoisotopic (exact) mass is 584 g/mol. The molecule has 10 aromatic rings. The highest BCUT2D eigenvalue weighted by Gasteiger charge is 2.18. The van der Waals surface area contributed by atoms with Crippen LogP contribution in [0.4, 0.5) is 0 Å². The van der Waals surface area contributed by atoms with Gasteiger partial charge in [-0.25, -0.2) is 0 Å². The van der Waals surface area contributed by atoms with Crippen molar-refractivity contribution in [3.8, 4) is 22.3 Å². The van der Waals surface area contributed by atoms with Crippen LogP contribution in [-0.4, -0.2) is 0 Å². The topological polar surface area (TPSA) is 0 Å². The lowest BCUT2D eigenvalue weighted by Crippen LogP contribution is -2.10. The first-order valence-corrected chi connectivity index (χ1v) is 16.3. The minimum Gasteiger partial charge on any atom is -0.0610 e. The van der Waals surface area contributed by atoms with Gasteiger partial charge in [0.2, 0.25) is 0 Å². The summed E-state index contributed by atoms with van der Waals surface area (Å²) in [6.07, 6.45) is 0. The van der Waals surface area contributed by atoms with Gasteiger partial charge in [0.05, 0.1) is 0 Å². The normalized spacial score (nSPS) is 12.7. The predicted octanol–water partition coefficient (Wildman–Crippen LogP) is 13.3. The van der Waals surface area contributed by atoms with Gasteiger partial charge in [-0.2, -0.15) is 0 Å². The first-order valence-electron chi connectivity index (χ1n) is 16.3. The van der Waals surface area contributed by atoms with Crippen LogP contribution in [0.3, 0.4) is 0 Å². The zero-order chi connectivity index (χ0) is 30.7. The molecule has 0 N–H and O–H groups in total. The Kier molecular flexibility index (Phi) is 5.08. The van der Waals surface area contributed by atoms with Crippen molar-refractivity contribution in [1.29, 1.82) is 0 Å². The van der Waals surface area contributed by atoms with E-state index in [1.807, 2.05) is 0 Å². The molecule has 10 aromatic carbocycles. The molecule has 0 aliphatic rings. The second-order valence-electron chi connectivity index (χ2n) is 14.2. The van der Waals surface area contributed by atoms with Gasteiger partial charge in [0.1, 0.15) is 0 Å². The van der Waals surface area contributed by atoms with Crippen molar-refractivity contribution in [2.45, 2.75) is 26.2 Å². The lowest BCUT2D eigenvalue weighted by atomic mass is 9.82. The van der Waals surface area contributed by atoms with Crippen LogP contribution in [0.2, 0.25) is 0 Å². The molecular weight excluding hydrogens is 553 g/mol. The molecule has 0 nitrogen and oxygen atoms in total. The van der Waals surface area contributed by atoms with Gasteiger partial charge in [-0.1, -0.05) is 148 Å². The Balaban J connectivity index is 1.16. The molecular formula is C46H32. The summed E-state index contributed by atoms with van der Waals surface area (Å²) in [5.41, 5.74) is 6.58. The molecule has 10 rings (SSSR count). The average Bonchev–Trinajstić information content (AvgIpc) is 3.08. The smallest absolute Gasteiger partial charge is 0.00206 e. The first-order chi connectivity index (χ1) is 22.4. The Morgan fingerprint density at radius 2 is 0.739 bits per heavy atom. The maximum Gasteiger partial charge on any atom is -0.00206 e. The molecule has 0 heterocycles. The molecule has 0 radical (unpaired) electrons. The molecule has 0 aromatic heterocycles. The van der Waals surface area contributed by atoms with Gasteiger partial charge in [0, 0.05) is 0 Å². The molecule has 0 bridgehead atoms. The molecule has 0 heteroatoms. The van der Waals surface area contributed by atoms with Crippen LogP contribution in [0.15, 0.2) is 140 Å². The summed E-state index contributed by atoms with van der Waals surface area (Å²) >= 11 is 0. The molecule has 0 aliphatic carbocycles. The van der Waals surface area contributed by atoms with Crippen LogP contribution in [0.1, 0.15) is 26.3 Å². The number of hydrogen-bond acceptors (Lipinski definition) is 0. The summed E-state index contributed by atoms with van der Waals surface area (Å²) in [5, 5.41) is 18.5. The maximum atomic E-state index is 2.39. The number of rotatable bonds is 2. The van der Waals surface area contributed by atoms with Crippen molar-refractivity contribution in [1.82, 2.24) is 0 Å². The van der Waals surface area contributed by atoms with E-state index in [0.717, 1.165) is 0 Å². The molecule has 0 saturated carbocycles. The Labute approximate surface area is 268 Å². The molecule has 0 spiro atoms. The van der Waals surface area contributed by atoms with Gasteiger partial charge >= 0.3 is 0 Å². The second-order valence-corrected chi connectivity index (χ2v) is 14.2. The summed E-state index contributed by atoms with van der Waals surface area (Å²) in [6.45, 7) is 6.90. The van der Waals surface area contributed by atoms with E-state index in [0.29, 0.717) is 0 Å². The quantitative estimate of drug-likeness (QED) is 0.177. The molecule has 0 fully saturated rings. The third kappa shape index (κ3) is 3.62. The van der Waals surface area contributed by atoms with E-state index in [-0.39, 0.29) is 5.41 Å². The lowest BCUT2D eigenvalue weighted by molar-refractivity contribution is 0.591. The minimum atomic E-state index is 0.108. The second kappa shape index (κ2) is 9.05. The molecule has 0 amide bonds. The molecule has 0 unspecified atom stereocenters. The Bertz CT molecular complexity index is 2790. The van der Waals surface area contributed by atoms with Gasteiger partial charge < -0.3 is 0 Å². The van der Waals surface area contributed by atoms with Crippen LogP contribution in [0.5, 0.6) is 0 Å². The first kappa shape index (κ1) is 25.8. The highest BCUT2D eigenvalue weighted by molar-refractivity contribution is 6.27. The van der Waals surface area contributed by atoms with Crippen LogP contribution in [-0.2, 0) is 5.41 Å². The van der Waals surface area contributed by atoms with Crippen LogP contribution in [0.25, 0.3) is 97.7 Å². The number of benzene rings is 10. The highest BCUT2D eigenvalue weighted by atomic mass is 14.2. The molecule has 0 atom stereocenters. The summed E-state index contributed by atoms with van der Waals surface area (Å²) in [6, 6.07) is 52.9. The van der Waals surface area contributed by atoms with E-state index in [1.165, 1.54) is 103 Å². The van der Waals surface area contributed by atoms with E-state index >= 15 is 0 Å². The van der Waals surface area contributed by atoms with Crippen molar-refractivity contribution >= 4 is 75.4 Å². The number of fused-ring (bicyclic) bond motifs is 1. The predicted molar refractivity (Wildman–Crippen MR) is 201 cm³/mol. The Morgan fingerprint density at radius 3 is 1.28 bits per heavy atom. The van der Waals surface area contributed by atoms with E-state index in [1.54, 1.807) is 0 Å². The zero-order valence-corrected chi connectivity index (χ0v) is 26.3. The number of hydrogen-bond donors (Lipinski definition) is 0. The summed E-state index contributed by atoms with van der Waals surface area (Å²) in [7, 11) is 0. The van der Waals surface area contributed by atoms with Crippen LogP contribution < -0.4 is 0 Å². The fourth-order valence-electron chi connectivity index (χ4n) is 8.07. The van der Waals surface area contributed by atoms with E-state index in [9.17, 15) is 0 Å². The van der Waals surface area contributed by atoms with E-state index < -0.39 is 0 Å². The van der Waals surface area contributed by atoms with Gasteiger partial charge in [-0.3, -0.25) is 0 Å². The van der Waals surface area contributed by atoms with E-state index in [4.69, 9.17) is 0 Å². The van der Waals surface area contributed by atoms with Crippen LogP contribution in [0, 0.1) is 0 Å². The van der Waals surface area contributed by atoms with Crippen molar-refractivity contribution in [2.24, 2.45) is 0 Å². The average molecular weight is 585 g/mol. The fraction of sp³-hybridized carbons (Fsp3) is 0.0870. The van der Waals surface area contributed by atoms with Crippen molar-refractivity contribution in [3.05, 3.63) is 145 Å². The fourth-order valence-corrected chi connectivity index (χ4v) is 8.07. The summed E-state index contributed by atoms with van der Waals surface area (Å²) in [5.74, 6) is 0. The van der Waals surface area contributed by atoms with Crippen molar-refractivity contribution < 1.29 is 0 Å². The van der Waals surface area contributed by atoms with Crippen LogP contribution >= 0.6 is 0 Å². The SMILES string of the molecule is CC(C)(C)c1cc2ccc3ccc(-c4ccc5ccc(-c6ccc7ccc8cccc9ccc6c7c89)cc5c4)c4ccc(c1)c2c34. The maximum absolute atomic E-state index is 2.39. The van der Waals surface area contributed by atoms with Gasteiger partial charge in [-0.05, 0) is 121 Å². The lowest BCUT2D eigenvalue weighted by Gasteiger charge is -2.22. The molecule has 0 saturated heterocycles. The molecule has 216 valence electrons. The van der Waals surface area contributed by atoms with Gasteiger partial charge in [0.25, 0.3) is 0 Å². The molecule has 46 heavy (non-hydrogen) atoms. The third-order valence-electron chi connectivity index (χ3n) is 10.5. The van der Waals surface area contributed by atoms with E-state index in [2.05, 4.69) is 160 Å². The van der Waals surface area contributed by atoms with Gasteiger partial charge in [0.15, 0.2) is 0 Å².